The zero-order valence-corrected chi connectivity index (χ0v) is 30.8. The van der Waals surface area contributed by atoms with E-state index in [-0.39, 0.29) is 6.85 Å². The van der Waals surface area contributed by atoms with Gasteiger partial charge in [0, 0.05) is 53.3 Å². The lowest BCUT2D eigenvalue weighted by atomic mass is 9.46. The summed E-state index contributed by atoms with van der Waals surface area (Å²) in [6.45, 7) is 2.12. The number of benzene rings is 7. The van der Waals surface area contributed by atoms with Crippen LogP contribution < -0.4 is 15.9 Å². The summed E-state index contributed by atoms with van der Waals surface area (Å²) < 4.78 is 12.3. The molecule has 0 N–H and O–H groups in total. The van der Waals surface area contributed by atoms with Gasteiger partial charge in [-0.3, -0.25) is 0 Å². The third kappa shape index (κ3) is 4.13. The number of furan rings is 1. The highest BCUT2D eigenvalue weighted by atomic mass is 32.1. The first-order valence-corrected chi connectivity index (χ1v) is 20.1. The zero-order valence-electron chi connectivity index (χ0n) is 30.0. The molecule has 3 aromatic heterocycles. The lowest BCUT2D eigenvalue weighted by Gasteiger charge is -2.40. The molecule has 2 aliphatic rings. The summed E-state index contributed by atoms with van der Waals surface area (Å²) in [6.07, 6.45) is 4.83. The maximum Gasteiger partial charge on any atom is 0.375 e. The number of hydrogen-bond donors (Lipinski definition) is 0. The molecular formula is C49H35BN2OS. The third-order valence-corrected chi connectivity index (χ3v) is 13.2. The monoisotopic (exact) mass is 710 g/mol. The molecule has 2 aliphatic heterocycles. The molecule has 256 valence electrons. The number of para-hydroxylation sites is 3. The van der Waals surface area contributed by atoms with Crippen LogP contribution in [0.4, 0.5) is 11.4 Å². The van der Waals surface area contributed by atoms with E-state index < -0.39 is 0 Å². The molecule has 5 heteroatoms. The van der Waals surface area contributed by atoms with Gasteiger partial charge in [-0.2, -0.15) is 0 Å². The maximum atomic E-state index is 7.08. The van der Waals surface area contributed by atoms with E-state index in [4.69, 9.17) is 4.42 Å². The molecule has 3 nitrogen and oxygen atoms in total. The SMILES string of the molecule is CCCCCc1ccc(N2B3c4oc5ccccc5c4-n4c5ccccc5c5c(-c6ccc7sc8ccccc8c7c6)cc(c3c54)-c3ccccc32)cc1. The molecule has 0 fully saturated rings. The molecule has 0 unspecified atom stereocenters. The van der Waals surface area contributed by atoms with E-state index >= 15 is 0 Å². The number of anilines is 2. The van der Waals surface area contributed by atoms with Crippen molar-refractivity contribution in [1.82, 2.24) is 4.57 Å². The summed E-state index contributed by atoms with van der Waals surface area (Å²) in [7, 11) is 0. The second kappa shape index (κ2) is 11.5. The highest BCUT2D eigenvalue weighted by Crippen LogP contribution is 2.49. The van der Waals surface area contributed by atoms with Crippen molar-refractivity contribution in [3.63, 3.8) is 0 Å². The number of hydrogen-bond acceptors (Lipinski definition) is 3. The number of fused-ring (bicyclic) bond motifs is 13. The topological polar surface area (TPSA) is 21.3 Å². The summed E-state index contributed by atoms with van der Waals surface area (Å²) in [5.41, 5.74) is 15.7. The minimum atomic E-state index is -0.153. The van der Waals surface area contributed by atoms with E-state index in [1.54, 1.807) is 0 Å². The van der Waals surface area contributed by atoms with Crippen molar-refractivity contribution in [2.45, 2.75) is 32.6 Å². The molecule has 0 amide bonds. The first kappa shape index (κ1) is 30.4. The van der Waals surface area contributed by atoms with Crippen LogP contribution >= 0.6 is 11.3 Å². The highest BCUT2D eigenvalue weighted by Gasteiger charge is 2.47. The summed E-state index contributed by atoms with van der Waals surface area (Å²) >= 11 is 1.88. The Morgan fingerprint density at radius 2 is 1.39 bits per heavy atom. The summed E-state index contributed by atoms with van der Waals surface area (Å²) in [5, 5.41) is 6.35. The Kier molecular flexibility index (Phi) is 6.47. The van der Waals surface area contributed by atoms with Crippen molar-refractivity contribution in [1.29, 1.82) is 0 Å². The highest BCUT2D eigenvalue weighted by molar-refractivity contribution is 7.25. The molecule has 0 bridgehead atoms. The van der Waals surface area contributed by atoms with Crippen LogP contribution in [0.5, 0.6) is 0 Å². The quantitative estimate of drug-likeness (QED) is 0.127. The third-order valence-electron chi connectivity index (χ3n) is 12.0. The van der Waals surface area contributed by atoms with Crippen LogP contribution in [-0.2, 0) is 6.42 Å². The molecule has 0 spiro atoms. The van der Waals surface area contributed by atoms with Crippen LogP contribution in [-0.4, -0.2) is 11.4 Å². The van der Waals surface area contributed by atoms with E-state index in [9.17, 15) is 0 Å². The minimum absolute atomic E-state index is 0.153. The fraction of sp³-hybridized carbons (Fsp3) is 0.102. The number of aryl methyl sites for hydroxylation is 1. The van der Waals surface area contributed by atoms with Crippen molar-refractivity contribution in [3.05, 3.63) is 151 Å². The molecule has 0 saturated carbocycles. The van der Waals surface area contributed by atoms with Crippen molar-refractivity contribution in [3.8, 4) is 27.9 Å². The predicted molar refractivity (Wildman–Crippen MR) is 231 cm³/mol. The lowest BCUT2D eigenvalue weighted by molar-refractivity contribution is 0.648. The largest absolute Gasteiger partial charge is 0.466 e. The van der Waals surface area contributed by atoms with Gasteiger partial charge in [-0.1, -0.05) is 105 Å². The molecule has 0 aliphatic carbocycles. The Labute approximate surface area is 317 Å². The second-order valence-electron chi connectivity index (χ2n) is 15.0. The van der Waals surface area contributed by atoms with Crippen LogP contribution in [0.2, 0.25) is 0 Å². The Bertz CT molecular complexity index is 3150. The fourth-order valence-electron chi connectivity index (χ4n) is 9.63. The second-order valence-corrected chi connectivity index (χ2v) is 16.1. The molecule has 0 saturated heterocycles. The summed E-state index contributed by atoms with van der Waals surface area (Å²) in [6, 6.07) is 54.3. The van der Waals surface area contributed by atoms with Crippen LogP contribution in [0.15, 0.2) is 150 Å². The van der Waals surface area contributed by atoms with E-state index in [0.29, 0.717) is 0 Å². The van der Waals surface area contributed by atoms with Gasteiger partial charge in [0.1, 0.15) is 11.2 Å². The van der Waals surface area contributed by atoms with E-state index in [2.05, 4.69) is 162 Å². The van der Waals surface area contributed by atoms with Crippen molar-refractivity contribution >= 4 is 93.6 Å². The van der Waals surface area contributed by atoms with Crippen LogP contribution in [0.3, 0.4) is 0 Å². The van der Waals surface area contributed by atoms with Gasteiger partial charge < -0.3 is 13.8 Å². The Hall–Kier alpha value is -6.04. The molecular weight excluding hydrogens is 675 g/mol. The molecule has 0 radical (unpaired) electrons. The first-order chi connectivity index (χ1) is 26.8. The molecule has 0 atom stereocenters. The van der Waals surface area contributed by atoms with Gasteiger partial charge in [0.25, 0.3) is 0 Å². The van der Waals surface area contributed by atoms with E-state index in [1.807, 2.05) is 11.3 Å². The van der Waals surface area contributed by atoms with Gasteiger partial charge >= 0.3 is 6.85 Å². The van der Waals surface area contributed by atoms with Crippen LogP contribution in [0.1, 0.15) is 31.7 Å². The van der Waals surface area contributed by atoms with Gasteiger partial charge in [0.15, 0.2) is 0 Å². The maximum absolute atomic E-state index is 7.08. The Morgan fingerprint density at radius 1 is 0.630 bits per heavy atom. The van der Waals surface area contributed by atoms with Gasteiger partial charge in [-0.15, -0.1) is 11.3 Å². The minimum Gasteiger partial charge on any atom is -0.466 e. The number of thiophene rings is 1. The predicted octanol–water partition coefficient (Wildman–Crippen LogP) is 12.5. The molecule has 7 aromatic carbocycles. The van der Waals surface area contributed by atoms with Gasteiger partial charge in [0.2, 0.25) is 0 Å². The number of aromatic nitrogens is 1. The Morgan fingerprint density at radius 3 is 2.28 bits per heavy atom. The van der Waals surface area contributed by atoms with Gasteiger partial charge in [-0.25, -0.2) is 0 Å². The summed E-state index contributed by atoms with van der Waals surface area (Å²) in [4.78, 5) is 2.55. The molecule has 10 aromatic rings. The lowest BCUT2D eigenvalue weighted by Crippen LogP contribution is -2.60. The van der Waals surface area contributed by atoms with Gasteiger partial charge in [-0.05, 0) is 101 Å². The molecule has 5 heterocycles. The van der Waals surface area contributed by atoms with Crippen molar-refractivity contribution < 1.29 is 4.42 Å². The number of rotatable bonds is 6. The average molecular weight is 711 g/mol. The van der Waals surface area contributed by atoms with E-state index in [1.165, 1.54) is 106 Å². The first-order valence-electron chi connectivity index (χ1n) is 19.3. The smallest absolute Gasteiger partial charge is 0.375 e. The number of nitrogens with zero attached hydrogens (tertiary/aromatic N) is 2. The fourth-order valence-corrected chi connectivity index (χ4v) is 10.7. The summed E-state index contributed by atoms with van der Waals surface area (Å²) in [5.74, 6) is 0. The average Bonchev–Trinajstić information content (AvgIpc) is 3.90. The molecule has 12 rings (SSSR count). The standard InChI is InChI=1S/C49H35BN2OS/c1-2-3-4-13-30-22-25-32(26-23-30)52-41-19-10-5-14-33(41)39-29-37(31-24-27-44-38(28-31)34-15-8-12-21-43(34)54-44)45-35-16-6-9-18-40(35)51-47-36-17-7-11-20-42(36)53-49(47)50(52)46(39)48(45)51/h5-12,14-29H,2-4,13H2,1H3. The van der Waals surface area contributed by atoms with Crippen LogP contribution in [0, 0.1) is 0 Å². The Balaban J connectivity index is 1.21. The van der Waals surface area contributed by atoms with Gasteiger partial charge in [0.05, 0.1) is 16.7 Å². The van der Waals surface area contributed by atoms with Crippen LogP contribution in [0.25, 0.3) is 80.9 Å². The van der Waals surface area contributed by atoms with Crippen molar-refractivity contribution in [2.75, 3.05) is 4.81 Å². The van der Waals surface area contributed by atoms with Crippen molar-refractivity contribution in [2.24, 2.45) is 0 Å². The molecule has 54 heavy (non-hydrogen) atoms. The zero-order chi connectivity index (χ0) is 35.5. The van der Waals surface area contributed by atoms with E-state index in [0.717, 1.165) is 28.7 Å². The normalized spacial score (nSPS) is 13.1. The number of unbranched alkanes of at least 4 members (excludes halogenated alkanes) is 2.